The highest BCUT2D eigenvalue weighted by Crippen LogP contribution is 2.14. The van der Waals surface area contributed by atoms with Gasteiger partial charge >= 0.3 is 0 Å². The van der Waals surface area contributed by atoms with Crippen molar-refractivity contribution in [3.8, 4) is 0 Å². The first-order valence-electron chi connectivity index (χ1n) is 3.90. The third-order valence-corrected chi connectivity index (χ3v) is 2.00. The molecule has 0 aromatic carbocycles. The number of hydrogen-bond donors (Lipinski definition) is 0. The predicted octanol–water partition coefficient (Wildman–Crippen LogP) is 1.85. The number of methoxy groups -OCH3 is 1. The van der Waals surface area contributed by atoms with Gasteiger partial charge in [-0.1, -0.05) is 6.92 Å². The zero-order chi connectivity index (χ0) is 7.40. The Morgan fingerprint density at radius 1 is 1.50 bits per heavy atom. The summed E-state index contributed by atoms with van der Waals surface area (Å²) < 4.78 is 5.07. The van der Waals surface area contributed by atoms with E-state index in [2.05, 4.69) is 11.9 Å². The van der Waals surface area contributed by atoms with Crippen molar-refractivity contribution in [1.82, 2.24) is 0 Å². The van der Waals surface area contributed by atoms with Crippen molar-refractivity contribution in [2.75, 3.05) is 13.7 Å². The Bertz CT molecular complexity index is 131. The van der Waals surface area contributed by atoms with Crippen LogP contribution in [0.1, 0.15) is 26.2 Å². The first kappa shape index (κ1) is 7.58. The Labute approximate surface area is 62.3 Å². The number of aliphatic imine (C=N–C) groups is 1. The molecule has 0 fully saturated rings. The average molecular weight is 141 g/mol. The highest BCUT2D eigenvalue weighted by molar-refractivity contribution is 5.76. The number of nitrogens with zero attached hydrogens (tertiary/aromatic N) is 1. The molecule has 0 saturated carbocycles. The number of ether oxygens (including phenoxy) is 1. The van der Waals surface area contributed by atoms with E-state index in [-0.39, 0.29) is 0 Å². The standard InChI is InChI=1S/C8H15NO/c1-7-3-4-8(10-2)9-6-5-7/h7H,3-6H2,1-2H3/t7-/m0/s1. The maximum Gasteiger partial charge on any atom is 0.182 e. The van der Waals surface area contributed by atoms with Crippen LogP contribution in [-0.4, -0.2) is 19.6 Å². The van der Waals surface area contributed by atoms with Gasteiger partial charge in [-0.05, 0) is 18.8 Å². The number of hydrogen-bond acceptors (Lipinski definition) is 2. The quantitative estimate of drug-likeness (QED) is 0.504. The van der Waals surface area contributed by atoms with Gasteiger partial charge in [-0.15, -0.1) is 0 Å². The summed E-state index contributed by atoms with van der Waals surface area (Å²) in [5, 5.41) is 0. The van der Waals surface area contributed by atoms with Crippen LogP contribution in [0.5, 0.6) is 0 Å². The first-order chi connectivity index (χ1) is 4.83. The zero-order valence-electron chi connectivity index (χ0n) is 6.76. The molecule has 1 heterocycles. The summed E-state index contributed by atoms with van der Waals surface area (Å²) in [4.78, 5) is 4.29. The van der Waals surface area contributed by atoms with Gasteiger partial charge in [0.15, 0.2) is 5.90 Å². The van der Waals surface area contributed by atoms with E-state index in [0.29, 0.717) is 0 Å². The minimum Gasteiger partial charge on any atom is -0.484 e. The molecule has 1 rings (SSSR count). The molecular formula is C8H15NO. The zero-order valence-corrected chi connectivity index (χ0v) is 6.76. The molecule has 0 aliphatic carbocycles. The predicted molar refractivity (Wildman–Crippen MR) is 42.3 cm³/mol. The second-order valence-corrected chi connectivity index (χ2v) is 2.91. The summed E-state index contributed by atoms with van der Waals surface area (Å²) in [6.07, 6.45) is 3.47. The summed E-state index contributed by atoms with van der Waals surface area (Å²) in [5.41, 5.74) is 0. The molecule has 0 radical (unpaired) electrons. The van der Waals surface area contributed by atoms with Gasteiger partial charge in [0.25, 0.3) is 0 Å². The van der Waals surface area contributed by atoms with Crippen molar-refractivity contribution in [2.45, 2.75) is 26.2 Å². The Morgan fingerprint density at radius 2 is 2.30 bits per heavy atom. The van der Waals surface area contributed by atoms with Crippen LogP contribution in [0.2, 0.25) is 0 Å². The molecule has 0 unspecified atom stereocenters. The van der Waals surface area contributed by atoms with Gasteiger partial charge < -0.3 is 4.74 Å². The molecule has 0 amide bonds. The van der Waals surface area contributed by atoms with Crippen LogP contribution < -0.4 is 0 Å². The third-order valence-electron chi connectivity index (χ3n) is 2.00. The van der Waals surface area contributed by atoms with Gasteiger partial charge in [0.1, 0.15) is 0 Å². The van der Waals surface area contributed by atoms with Crippen LogP contribution in [-0.2, 0) is 4.74 Å². The molecular weight excluding hydrogens is 126 g/mol. The lowest BCUT2D eigenvalue weighted by molar-refractivity contribution is 0.385. The van der Waals surface area contributed by atoms with Crippen molar-refractivity contribution >= 4 is 5.90 Å². The lowest BCUT2D eigenvalue weighted by atomic mass is 10.0. The Hall–Kier alpha value is -0.530. The van der Waals surface area contributed by atoms with E-state index >= 15 is 0 Å². The second kappa shape index (κ2) is 3.59. The third kappa shape index (κ3) is 2.01. The van der Waals surface area contributed by atoms with Crippen molar-refractivity contribution in [1.29, 1.82) is 0 Å². The molecule has 1 aliphatic heterocycles. The minimum absolute atomic E-state index is 0.816. The van der Waals surface area contributed by atoms with Crippen molar-refractivity contribution in [3.05, 3.63) is 0 Å². The highest BCUT2D eigenvalue weighted by atomic mass is 16.5. The molecule has 0 bridgehead atoms. The fourth-order valence-electron chi connectivity index (χ4n) is 1.17. The lowest BCUT2D eigenvalue weighted by Gasteiger charge is -2.03. The van der Waals surface area contributed by atoms with Crippen LogP contribution in [0.25, 0.3) is 0 Å². The molecule has 0 aromatic rings. The molecule has 2 heteroatoms. The summed E-state index contributed by atoms with van der Waals surface area (Å²) in [7, 11) is 1.70. The minimum atomic E-state index is 0.816. The van der Waals surface area contributed by atoms with Crippen molar-refractivity contribution in [2.24, 2.45) is 10.9 Å². The molecule has 0 N–H and O–H groups in total. The fourth-order valence-corrected chi connectivity index (χ4v) is 1.17. The summed E-state index contributed by atoms with van der Waals surface area (Å²) in [5.74, 6) is 1.75. The maximum atomic E-state index is 5.07. The van der Waals surface area contributed by atoms with Gasteiger partial charge in [0, 0.05) is 13.0 Å². The molecule has 2 nitrogen and oxygen atoms in total. The fraction of sp³-hybridized carbons (Fsp3) is 0.875. The van der Waals surface area contributed by atoms with Gasteiger partial charge in [0.05, 0.1) is 7.11 Å². The molecule has 0 spiro atoms. The van der Waals surface area contributed by atoms with Crippen LogP contribution >= 0.6 is 0 Å². The van der Waals surface area contributed by atoms with Crippen molar-refractivity contribution < 1.29 is 4.74 Å². The topological polar surface area (TPSA) is 21.6 Å². The largest absolute Gasteiger partial charge is 0.484 e. The van der Waals surface area contributed by atoms with E-state index in [1.165, 1.54) is 12.8 Å². The van der Waals surface area contributed by atoms with E-state index in [4.69, 9.17) is 4.74 Å². The monoisotopic (exact) mass is 141 g/mol. The summed E-state index contributed by atoms with van der Waals surface area (Å²) in [6, 6.07) is 0. The molecule has 1 atom stereocenters. The SMILES string of the molecule is COC1=NCC[C@@H](C)CC1. The molecule has 0 saturated heterocycles. The summed E-state index contributed by atoms with van der Waals surface area (Å²) in [6.45, 7) is 3.22. The Kier molecular flexibility index (Phi) is 2.72. The average Bonchev–Trinajstić information content (AvgIpc) is 2.14. The van der Waals surface area contributed by atoms with E-state index in [9.17, 15) is 0 Å². The van der Waals surface area contributed by atoms with Gasteiger partial charge in [-0.25, -0.2) is 0 Å². The molecule has 10 heavy (non-hydrogen) atoms. The van der Waals surface area contributed by atoms with Gasteiger partial charge in [0.2, 0.25) is 0 Å². The Balaban J connectivity index is 2.40. The molecule has 0 aromatic heterocycles. The van der Waals surface area contributed by atoms with Crippen LogP contribution in [0.4, 0.5) is 0 Å². The Morgan fingerprint density at radius 3 is 3.00 bits per heavy atom. The van der Waals surface area contributed by atoms with Gasteiger partial charge in [-0.3, -0.25) is 4.99 Å². The number of rotatable bonds is 0. The van der Waals surface area contributed by atoms with Crippen LogP contribution in [0.15, 0.2) is 4.99 Å². The molecule has 58 valence electrons. The second-order valence-electron chi connectivity index (χ2n) is 2.91. The van der Waals surface area contributed by atoms with Crippen molar-refractivity contribution in [3.63, 3.8) is 0 Å². The van der Waals surface area contributed by atoms with Crippen LogP contribution in [0.3, 0.4) is 0 Å². The van der Waals surface area contributed by atoms with Gasteiger partial charge in [-0.2, -0.15) is 0 Å². The van der Waals surface area contributed by atoms with E-state index in [0.717, 1.165) is 24.8 Å². The highest BCUT2D eigenvalue weighted by Gasteiger charge is 2.08. The first-order valence-corrected chi connectivity index (χ1v) is 3.90. The normalized spacial score (nSPS) is 27.0. The summed E-state index contributed by atoms with van der Waals surface area (Å²) >= 11 is 0. The smallest absolute Gasteiger partial charge is 0.182 e. The van der Waals surface area contributed by atoms with E-state index in [1.54, 1.807) is 7.11 Å². The van der Waals surface area contributed by atoms with Crippen LogP contribution in [0, 0.1) is 5.92 Å². The van der Waals surface area contributed by atoms with E-state index < -0.39 is 0 Å². The van der Waals surface area contributed by atoms with E-state index in [1.807, 2.05) is 0 Å². The molecule has 1 aliphatic rings. The lowest BCUT2D eigenvalue weighted by Crippen LogP contribution is -2.00. The maximum absolute atomic E-state index is 5.07.